The smallest absolute Gasteiger partial charge is 0.235 e. The van der Waals surface area contributed by atoms with E-state index in [1.807, 2.05) is 12.1 Å². The maximum Gasteiger partial charge on any atom is 0.235 e. The van der Waals surface area contributed by atoms with Gasteiger partial charge in [-0.2, -0.15) is 0 Å². The molecule has 0 N–H and O–H groups in total. The van der Waals surface area contributed by atoms with Crippen molar-refractivity contribution in [3.63, 3.8) is 0 Å². The third kappa shape index (κ3) is 4.92. The van der Waals surface area contributed by atoms with Gasteiger partial charge in [0.25, 0.3) is 0 Å². The molecule has 55 heavy (non-hydrogen) atoms. The van der Waals surface area contributed by atoms with E-state index in [2.05, 4.69) is 198 Å². The van der Waals surface area contributed by atoms with Crippen LogP contribution in [0.4, 0.5) is 11.4 Å². The van der Waals surface area contributed by atoms with Crippen molar-refractivity contribution in [2.24, 2.45) is 0 Å². The molecule has 0 spiro atoms. The Morgan fingerprint density at radius 3 is 1.91 bits per heavy atom. The summed E-state index contributed by atoms with van der Waals surface area (Å²) in [7, 11) is 0. The van der Waals surface area contributed by atoms with E-state index in [0.29, 0.717) is 5.95 Å². The maximum absolute atomic E-state index is 5.29. The lowest BCUT2D eigenvalue weighted by Crippen LogP contribution is -2.39. The molecule has 1 aliphatic carbocycles. The molecule has 4 nitrogen and oxygen atoms in total. The number of allylic oxidation sites excluding steroid dienone is 2. The number of benzene rings is 7. The highest BCUT2D eigenvalue weighted by Gasteiger charge is 2.46. The minimum atomic E-state index is -0.123. The van der Waals surface area contributed by atoms with Crippen molar-refractivity contribution in [2.45, 2.75) is 18.4 Å². The Hall–Kier alpha value is -7.04. The Morgan fingerprint density at radius 1 is 0.527 bits per heavy atom. The topological polar surface area (TPSA) is 34.0 Å². The van der Waals surface area contributed by atoms with Crippen molar-refractivity contribution < 1.29 is 0 Å². The molecule has 9 aromatic rings. The van der Waals surface area contributed by atoms with Gasteiger partial charge in [0, 0.05) is 38.7 Å². The fraction of sp³-hybridized carbons (Fsp3) is 0.0588. The summed E-state index contributed by atoms with van der Waals surface area (Å²) < 4.78 is 2.25. The lowest BCUT2D eigenvalue weighted by molar-refractivity contribution is 0.551. The summed E-state index contributed by atoms with van der Waals surface area (Å²) in [6.07, 6.45) is 9.09. The number of anilines is 2. The molecule has 3 heterocycles. The second-order valence-electron chi connectivity index (χ2n) is 14.8. The predicted octanol–water partition coefficient (Wildman–Crippen LogP) is 12.6. The first-order valence-electron chi connectivity index (χ1n) is 19.0. The molecule has 0 amide bonds. The number of nitrogens with zero attached hydrogens (tertiary/aromatic N) is 4. The zero-order valence-electron chi connectivity index (χ0n) is 30.3. The summed E-state index contributed by atoms with van der Waals surface area (Å²) in [5.41, 5.74) is 12.1. The van der Waals surface area contributed by atoms with E-state index in [0.717, 1.165) is 33.5 Å². The molecular weight excluding hydrogens is 669 g/mol. The molecule has 0 radical (unpaired) electrons. The molecule has 0 saturated carbocycles. The highest BCUT2D eigenvalue weighted by Crippen LogP contribution is 2.52. The minimum Gasteiger partial charge on any atom is -0.333 e. The number of hydrogen-bond acceptors (Lipinski definition) is 3. The van der Waals surface area contributed by atoms with Crippen molar-refractivity contribution in [3.05, 3.63) is 200 Å². The van der Waals surface area contributed by atoms with Gasteiger partial charge >= 0.3 is 0 Å². The predicted molar refractivity (Wildman–Crippen MR) is 228 cm³/mol. The Balaban J connectivity index is 1.15. The van der Waals surface area contributed by atoms with Gasteiger partial charge in [0.05, 0.1) is 28.5 Å². The summed E-state index contributed by atoms with van der Waals surface area (Å²) in [4.78, 5) is 13.1. The van der Waals surface area contributed by atoms with Crippen LogP contribution in [0, 0.1) is 0 Å². The number of rotatable bonds is 5. The van der Waals surface area contributed by atoms with Crippen LogP contribution in [0.2, 0.25) is 0 Å². The lowest BCUT2D eigenvalue weighted by atomic mass is 9.76. The van der Waals surface area contributed by atoms with Gasteiger partial charge in [-0.05, 0) is 76.9 Å². The average molecular weight is 705 g/mol. The number of para-hydroxylation sites is 1. The number of hydrogen-bond donors (Lipinski definition) is 0. The van der Waals surface area contributed by atoms with Crippen molar-refractivity contribution in [1.82, 2.24) is 14.5 Å². The van der Waals surface area contributed by atoms with Gasteiger partial charge in [0.2, 0.25) is 5.95 Å². The van der Waals surface area contributed by atoms with Gasteiger partial charge < -0.3 is 4.90 Å². The summed E-state index contributed by atoms with van der Waals surface area (Å²) in [5.74, 6) is 0.649. The van der Waals surface area contributed by atoms with E-state index in [-0.39, 0.29) is 11.5 Å². The standard InChI is InChI=1S/C51H36N4/c1-51-30-14-13-23-48(51)54(39-20-9-4-10-21-39)47-32-38(24-27-42(47)51)37-26-28-45-41(31-37)49-40-22-12-11-15-34(40)25-29-46(49)55(45)50-52-43(35-16-5-2-6-17-35)33-44(53-50)36-18-7-3-8-19-36/h2-33,48H,1H3. The zero-order valence-corrected chi connectivity index (χ0v) is 30.3. The van der Waals surface area contributed by atoms with Gasteiger partial charge in [0.15, 0.2) is 0 Å². The van der Waals surface area contributed by atoms with Crippen LogP contribution in [0.3, 0.4) is 0 Å². The third-order valence-electron chi connectivity index (χ3n) is 11.7. The molecule has 0 bridgehead atoms. The maximum atomic E-state index is 5.29. The monoisotopic (exact) mass is 704 g/mol. The molecule has 1 aliphatic heterocycles. The Kier molecular flexibility index (Phi) is 7.02. The Labute approximate surface area is 320 Å². The highest BCUT2D eigenvalue weighted by atomic mass is 15.2. The van der Waals surface area contributed by atoms with E-state index >= 15 is 0 Å². The van der Waals surface area contributed by atoms with Crippen LogP contribution in [0.25, 0.3) is 72.2 Å². The fourth-order valence-corrected chi connectivity index (χ4v) is 8.96. The first-order valence-corrected chi connectivity index (χ1v) is 19.0. The second-order valence-corrected chi connectivity index (χ2v) is 14.8. The summed E-state index contributed by atoms with van der Waals surface area (Å²) in [6, 6.07) is 61.0. The largest absolute Gasteiger partial charge is 0.333 e. The summed E-state index contributed by atoms with van der Waals surface area (Å²) in [5, 5.41) is 4.79. The molecule has 2 atom stereocenters. The van der Waals surface area contributed by atoms with Crippen LogP contribution in [0.15, 0.2) is 194 Å². The van der Waals surface area contributed by atoms with Crippen LogP contribution in [0.1, 0.15) is 12.5 Å². The van der Waals surface area contributed by atoms with Crippen LogP contribution in [-0.4, -0.2) is 20.6 Å². The van der Waals surface area contributed by atoms with Crippen LogP contribution in [-0.2, 0) is 5.41 Å². The zero-order chi connectivity index (χ0) is 36.5. The highest BCUT2D eigenvalue weighted by molar-refractivity contribution is 6.21. The first kappa shape index (κ1) is 31.5. The Bertz CT molecular complexity index is 2940. The SMILES string of the molecule is CC12C=CC=CC1N(c1ccccc1)c1cc(-c3ccc4c(c3)c3c5ccccc5ccc3n4-c3nc(-c4ccccc4)cc(-c4ccccc4)n3)ccc12. The van der Waals surface area contributed by atoms with Gasteiger partial charge in [-0.15, -0.1) is 0 Å². The molecule has 11 rings (SSSR count). The normalized spacial score (nSPS) is 17.3. The minimum absolute atomic E-state index is 0.123. The van der Waals surface area contributed by atoms with Gasteiger partial charge in [0.1, 0.15) is 0 Å². The lowest BCUT2D eigenvalue weighted by Gasteiger charge is -2.34. The molecule has 0 fully saturated rings. The fourth-order valence-electron chi connectivity index (χ4n) is 8.96. The number of fused-ring (bicyclic) bond motifs is 8. The van der Waals surface area contributed by atoms with Crippen molar-refractivity contribution in [2.75, 3.05) is 4.90 Å². The molecule has 2 unspecified atom stereocenters. The molecule has 2 aliphatic rings. The van der Waals surface area contributed by atoms with Gasteiger partial charge in [-0.3, -0.25) is 4.57 Å². The van der Waals surface area contributed by atoms with Crippen LogP contribution < -0.4 is 4.90 Å². The van der Waals surface area contributed by atoms with Crippen molar-refractivity contribution in [3.8, 4) is 39.6 Å². The summed E-state index contributed by atoms with van der Waals surface area (Å²) in [6.45, 7) is 2.36. The quantitative estimate of drug-likeness (QED) is 0.179. The van der Waals surface area contributed by atoms with E-state index in [1.54, 1.807) is 0 Å². The molecule has 260 valence electrons. The van der Waals surface area contributed by atoms with Gasteiger partial charge in [-0.1, -0.05) is 152 Å². The van der Waals surface area contributed by atoms with E-state index < -0.39 is 0 Å². The van der Waals surface area contributed by atoms with Crippen molar-refractivity contribution in [1.29, 1.82) is 0 Å². The molecule has 4 heteroatoms. The summed E-state index contributed by atoms with van der Waals surface area (Å²) >= 11 is 0. The number of aromatic nitrogens is 3. The first-order chi connectivity index (χ1) is 27.1. The van der Waals surface area contributed by atoms with Crippen LogP contribution in [0.5, 0.6) is 0 Å². The molecule has 2 aromatic heterocycles. The second kappa shape index (κ2) is 12.3. The van der Waals surface area contributed by atoms with E-state index in [9.17, 15) is 0 Å². The Morgan fingerprint density at radius 2 is 1.16 bits per heavy atom. The molecule has 0 saturated heterocycles. The van der Waals surface area contributed by atoms with E-state index in [1.165, 1.54) is 49.6 Å². The average Bonchev–Trinajstić information content (AvgIpc) is 3.73. The van der Waals surface area contributed by atoms with Crippen LogP contribution >= 0.6 is 0 Å². The van der Waals surface area contributed by atoms with Crippen molar-refractivity contribution >= 4 is 44.0 Å². The molecule has 7 aromatic carbocycles. The third-order valence-corrected chi connectivity index (χ3v) is 11.7. The molecular formula is C51H36N4. The van der Waals surface area contributed by atoms with E-state index in [4.69, 9.17) is 9.97 Å². The van der Waals surface area contributed by atoms with Gasteiger partial charge in [-0.25, -0.2) is 9.97 Å².